The third-order valence-corrected chi connectivity index (χ3v) is 9.58. The standard InChI is InChI=1S/C28H41NO4S2/c1-20-7-9-21(10-8-20)26(30)29(22-11-15-28(16-12-22)14-6-17-33-28)24-19-23(13-18-35(3,4)5)34-25(24)27(31)32-2/h19-22H,6-12,14-17H2,1-5H3. The van der Waals surface area contributed by atoms with Gasteiger partial charge in [-0.3, -0.25) is 4.79 Å². The molecule has 1 aromatic rings. The second kappa shape index (κ2) is 10.9. The van der Waals surface area contributed by atoms with E-state index in [0.717, 1.165) is 75.7 Å². The monoisotopic (exact) mass is 519 g/mol. The Morgan fingerprint density at radius 1 is 1.11 bits per heavy atom. The molecule has 1 saturated heterocycles. The highest BCUT2D eigenvalue weighted by atomic mass is 32.3. The summed E-state index contributed by atoms with van der Waals surface area (Å²) in [6.45, 7) is 3.12. The average Bonchev–Trinajstić information content (AvgIpc) is 3.46. The number of anilines is 1. The number of thiophene rings is 1. The molecule has 7 heteroatoms. The van der Waals surface area contributed by atoms with Crippen molar-refractivity contribution in [3.05, 3.63) is 15.8 Å². The maximum Gasteiger partial charge on any atom is 0.350 e. The molecule has 3 aliphatic rings. The van der Waals surface area contributed by atoms with Crippen molar-refractivity contribution >= 4 is 38.9 Å². The highest BCUT2D eigenvalue weighted by Crippen LogP contribution is 2.44. The smallest absolute Gasteiger partial charge is 0.350 e. The van der Waals surface area contributed by atoms with E-state index < -0.39 is 10.0 Å². The van der Waals surface area contributed by atoms with Gasteiger partial charge in [0.2, 0.25) is 5.91 Å². The van der Waals surface area contributed by atoms with E-state index in [2.05, 4.69) is 36.9 Å². The molecular weight excluding hydrogens is 478 g/mol. The van der Waals surface area contributed by atoms with Crippen LogP contribution in [0.3, 0.4) is 0 Å². The van der Waals surface area contributed by atoms with E-state index in [1.807, 2.05) is 11.0 Å². The fourth-order valence-electron chi connectivity index (χ4n) is 5.80. The number of esters is 1. The number of nitrogens with zero attached hydrogens (tertiary/aromatic N) is 1. The number of hydrogen-bond donors (Lipinski definition) is 0. The molecule has 1 aromatic heterocycles. The molecule has 0 N–H and O–H groups in total. The molecule has 0 bridgehead atoms. The molecule has 2 saturated carbocycles. The van der Waals surface area contributed by atoms with E-state index in [4.69, 9.17) is 9.47 Å². The fourth-order valence-corrected chi connectivity index (χ4v) is 7.20. The lowest BCUT2D eigenvalue weighted by molar-refractivity contribution is -0.124. The first kappa shape index (κ1) is 26.6. The summed E-state index contributed by atoms with van der Waals surface area (Å²) >= 11 is 1.36. The highest BCUT2D eigenvalue weighted by molar-refractivity contribution is 8.36. The molecule has 3 fully saturated rings. The van der Waals surface area contributed by atoms with Crippen LogP contribution in [-0.4, -0.2) is 56.0 Å². The van der Waals surface area contributed by atoms with Crippen molar-refractivity contribution in [1.82, 2.24) is 0 Å². The molecule has 0 atom stereocenters. The second-order valence-corrected chi connectivity index (χ2v) is 16.3. The van der Waals surface area contributed by atoms with Crippen LogP contribution in [0.15, 0.2) is 6.07 Å². The van der Waals surface area contributed by atoms with E-state index in [1.165, 1.54) is 18.4 Å². The van der Waals surface area contributed by atoms with Gasteiger partial charge in [-0.25, -0.2) is 4.79 Å². The maximum atomic E-state index is 14.1. The van der Waals surface area contributed by atoms with Crippen molar-refractivity contribution in [2.45, 2.75) is 82.8 Å². The number of methoxy groups -OCH3 is 1. The summed E-state index contributed by atoms with van der Waals surface area (Å²) < 4.78 is 11.3. The van der Waals surface area contributed by atoms with Crippen molar-refractivity contribution < 1.29 is 19.1 Å². The molecule has 2 heterocycles. The van der Waals surface area contributed by atoms with Gasteiger partial charge in [-0.15, -0.1) is 11.3 Å². The third kappa shape index (κ3) is 6.26. The Morgan fingerprint density at radius 2 is 1.80 bits per heavy atom. The maximum absolute atomic E-state index is 14.1. The molecule has 194 valence electrons. The van der Waals surface area contributed by atoms with Gasteiger partial charge in [0, 0.05) is 18.6 Å². The Bertz CT molecular complexity index is 975. The number of hydrogen-bond acceptors (Lipinski definition) is 5. The van der Waals surface area contributed by atoms with Crippen LogP contribution >= 0.6 is 21.4 Å². The van der Waals surface area contributed by atoms with Crippen molar-refractivity contribution in [3.63, 3.8) is 0 Å². The minimum Gasteiger partial charge on any atom is -0.465 e. The quantitative estimate of drug-likeness (QED) is 0.352. The van der Waals surface area contributed by atoms with Gasteiger partial charge in [-0.2, -0.15) is 10.0 Å². The van der Waals surface area contributed by atoms with E-state index in [-0.39, 0.29) is 29.4 Å². The van der Waals surface area contributed by atoms with Crippen LogP contribution in [-0.2, 0) is 14.3 Å². The van der Waals surface area contributed by atoms with Crippen molar-refractivity contribution in [1.29, 1.82) is 0 Å². The van der Waals surface area contributed by atoms with Gasteiger partial charge < -0.3 is 14.4 Å². The first-order chi connectivity index (χ1) is 16.6. The molecular formula is C28H41NO4S2. The summed E-state index contributed by atoms with van der Waals surface area (Å²) in [5.74, 6) is 3.77. The number of ether oxygens (including phenoxy) is 2. The van der Waals surface area contributed by atoms with E-state index >= 15 is 0 Å². The zero-order valence-corrected chi connectivity index (χ0v) is 23.6. The van der Waals surface area contributed by atoms with Gasteiger partial charge in [0.15, 0.2) is 0 Å². The lowest BCUT2D eigenvalue weighted by Crippen LogP contribution is -2.49. The summed E-state index contributed by atoms with van der Waals surface area (Å²) in [6, 6.07) is 2.04. The zero-order chi connectivity index (χ0) is 25.2. The van der Waals surface area contributed by atoms with Gasteiger partial charge >= 0.3 is 5.97 Å². The van der Waals surface area contributed by atoms with Crippen LogP contribution in [0, 0.1) is 23.0 Å². The predicted octanol–water partition coefficient (Wildman–Crippen LogP) is 6.19. The number of carbonyl (C=O) groups is 2. The van der Waals surface area contributed by atoms with Crippen LogP contribution in [0.25, 0.3) is 0 Å². The SMILES string of the molecule is COC(=O)c1sc(C#CS(C)(C)C)cc1N(C(=O)C1CCC(C)CC1)C1CCC2(CCCO2)CC1. The molecule has 0 unspecified atom stereocenters. The first-order valence-electron chi connectivity index (χ1n) is 13.0. The van der Waals surface area contributed by atoms with Crippen molar-refractivity contribution in [3.8, 4) is 11.2 Å². The molecule has 1 aliphatic heterocycles. The topological polar surface area (TPSA) is 55.8 Å². The molecule has 0 radical (unpaired) electrons. The predicted molar refractivity (Wildman–Crippen MR) is 147 cm³/mol. The van der Waals surface area contributed by atoms with Crippen LogP contribution in [0.2, 0.25) is 0 Å². The summed E-state index contributed by atoms with van der Waals surface area (Å²) in [6.07, 6.45) is 16.5. The van der Waals surface area contributed by atoms with Crippen molar-refractivity contribution in [2.75, 3.05) is 37.4 Å². The molecule has 1 spiro atoms. The molecule has 0 aromatic carbocycles. The molecule has 5 nitrogen and oxygen atoms in total. The van der Waals surface area contributed by atoms with E-state index in [0.29, 0.717) is 16.5 Å². The van der Waals surface area contributed by atoms with Gasteiger partial charge in [-0.1, -0.05) is 6.92 Å². The average molecular weight is 520 g/mol. The lowest BCUT2D eigenvalue weighted by atomic mass is 9.78. The normalized spacial score (nSPS) is 29.3. The number of rotatable bonds is 4. The van der Waals surface area contributed by atoms with Gasteiger partial charge in [0.25, 0.3) is 0 Å². The van der Waals surface area contributed by atoms with E-state index in [9.17, 15) is 9.59 Å². The Balaban J connectivity index is 1.69. The third-order valence-electron chi connectivity index (χ3n) is 7.84. The van der Waals surface area contributed by atoms with Crippen LogP contribution in [0.5, 0.6) is 0 Å². The minimum atomic E-state index is -1.01. The number of amides is 1. The Kier molecular flexibility index (Phi) is 8.25. The van der Waals surface area contributed by atoms with Crippen molar-refractivity contribution in [2.24, 2.45) is 11.8 Å². The summed E-state index contributed by atoms with van der Waals surface area (Å²) in [4.78, 5) is 30.3. The molecule has 4 rings (SSSR count). The van der Waals surface area contributed by atoms with Gasteiger partial charge in [0.1, 0.15) is 4.88 Å². The largest absolute Gasteiger partial charge is 0.465 e. The second-order valence-electron chi connectivity index (χ2n) is 11.4. The Hall–Kier alpha value is -1.49. The molecule has 1 amide bonds. The summed E-state index contributed by atoms with van der Waals surface area (Å²) in [7, 11) is 0.401. The van der Waals surface area contributed by atoms with Crippen LogP contribution < -0.4 is 4.90 Å². The number of carbonyl (C=O) groups excluding carboxylic acids is 2. The Morgan fingerprint density at radius 3 is 2.37 bits per heavy atom. The summed E-state index contributed by atoms with van der Waals surface area (Å²) in [5, 5.41) is 3.36. The Labute approximate surface area is 216 Å². The fraction of sp³-hybridized carbons (Fsp3) is 0.714. The van der Waals surface area contributed by atoms with Gasteiger partial charge in [-0.05, 0) is 106 Å². The van der Waals surface area contributed by atoms with Crippen LogP contribution in [0.4, 0.5) is 5.69 Å². The van der Waals surface area contributed by atoms with E-state index in [1.54, 1.807) is 0 Å². The minimum absolute atomic E-state index is 0.00254. The highest BCUT2D eigenvalue weighted by Gasteiger charge is 2.43. The summed E-state index contributed by atoms with van der Waals surface area (Å²) in [5.41, 5.74) is 0.698. The van der Waals surface area contributed by atoms with Crippen LogP contribution in [0.1, 0.15) is 85.7 Å². The molecule has 2 aliphatic carbocycles. The molecule has 35 heavy (non-hydrogen) atoms. The first-order valence-corrected chi connectivity index (χ1v) is 16.7. The lowest BCUT2D eigenvalue weighted by Gasteiger charge is -2.42. The zero-order valence-electron chi connectivity index (χ0n) is 22.0. The van der Waals surface area contributed by atoms with Gasteiger partial charge in [0.05, 0.1) is 23.3 Å².